The Balaban J connectivity index is 2.93. The molecule has 1 atom stereocenters. The van der Waals surface area contributed by atoms with E-state index >= 15 is 0 Å². The van der Waals surface area contributed by atoms with E-state index in [4.69, 9.17) is 0 Å². The molecular formula is C15H22BrN. The molecular weight excluding hydrogens is 274 g/mol. The Bertz CT molecular complexity index is 385. The first kappa shape index (κ1) is 14.5. The Kier molecular flexibility index (Phi) is 5.93. The molecule has 0 aromatic heterocycles. The molecule has 0 amide bonds. The summed E-state index contributed by atoms with van der Waals surface area (Å²) in [5, 5.41) is 3.60. The van der Waals surface area contributed by atoms with E-state index in [1.165, 1.54) is 16.7 Å². The van der Waals surface area contributed by atoms with E-state index in [9.17, 15) is 0 Å². The van der Waals surface area contributed by atoms with Gasteiger partial charge in [-0.1, -0.05) is 34.5 Å². The van der Waals surface area contributed by atoms with Crippen molar-refractivity contribution in [3.8, 4) is 0 Å². The Morgan fingerprint density at radius 3 is 2.76 bits per heavy atom. The SMILES string of the molecule is C=C(C)CC(NCCC)c1cc(Br)ccc1C. The molecule has 1 unspecified atom stereocenters. The zero-order valence-corrected chi connectivity index (χ0v) is 12.6. The molecule has 0 spiro atoms. The molecule has 0 bridgehead atoms. The Hall–Kier alpha value is -0.600. The number of hydrogen-bond donors (Lipinski definition) is 1. The molecule has 1 aromatic rings. The van der Waals surface area contributed by atoms with Crippen LogP contribution in [0.3, 0.4) is 0 Å². The molecule has 0 aliphatic rings. The van der Waals surface area contributed by atoms with Crippen LogP contribution in [0.2, 0.25) is 0 Å². The minimum absolute atomic E-state index is 0.380. The lowest BCUT2D eigenvalue weighted by molar-refractivity contribution is 0.526. The van der Waals surface area contributed by atoms with Crippen molar-refractivity contribution in [3.63, 3.8) is 0 Å². The Labute approximate surface area is 113 Å². The molecule has 1 nitrogen and oxygen atoms in total. The third-order valence-corrected chi connectivity index (χ3v) is 3.30. The van der Waals surface area contributed by atoms with Crippen LogP contribution in [0.5, 0.6) is 0 Å². The van der Waals surface area contributed by atoms with Crippen LogP contribution in [0.25, 0.3) is 0 Å². The van der Waals surface area contributed by atoms with Crippen LogP contribution in [0.1, 0.15) is 43.9 Å². The van der Waals surface area contributed by atoms with Crippen LogP contribution >= 0.6 is 15.9 Å². The maximum Gasteiger partial charge on any atom is 0.0360 e. The van der Waals surface area contributed by atoms with E-state index in [0.717, 1.165) is 23.9 Å². The molecule has 0 fully saturated rings. The standard InChI is InChI=1S/C15H22BrN/c1-5-8-17-15(9-11(2)3)14-10-13(16)7-6-12(14)4/h6-7,10,15,17H,2,5,8-9H2,1,3-4H3. The van der Waals surface area contributed by atoms with Gasteiger partial charge in [-0.05, 0) is 56.5 Å². The van der Waals surface area contributed by atoms with Crippen molar-refractivity contribution in [1.82, 2.24) is 5.32 Å². The normalized spacial score (nSPS) is 12.5. The smallest absolute Gasteiger partial charge is 0.0360 e. The number of nitrogens with one attached hydrogen (secondary N) is 1. The molecule has 0 heterocycles. The Morgan fingerprint density at radius 2 is 2.18 bits per heavy atom. The lowest BCUT2D eigenvalue weighted by Gasteiger charge is -2.21. The summed E-state index contributed by atoms with van der Waals surface area (Å²) in [6, 6.07) is 6.85. The van der Waals surface area contributed by atoms with Crippen LogP contribution in [-0.4, -0.2) is 6.54 Å². The summed E-state index contributed by atoms with van der Waals surface area (Å²) in [4.78, 5) is 0. The highest BCUT2D eigenvalue weighted by atomic mass is 79.9. The molecule has 0 aliphatic heterocycles. The second-order valence-corrected chi connectivity index (χ2v) is 5.58. The van der Waals surface area contributed by atoms with Crippen LogP contribution < -0.4 is 5.32 Å². The van der Waals surface area contributed by atoms with Gasteiger partial charge >= 0.3 is 0 Å². The van der Waals surface area contributed by atoms with Crippen molar-refractivity contribution in [2.24, 2.45) is 0 Å². The second kappa shape index (κ2) is 6.97. The third kappa shape index (κ3) is 4.64. The van der Waals surface area contributed by atoms with Crippen molar-refractivity contribution in [2.75, 3.05) is 6.54 Å². The van der Waals surface area contributed by atoms with E-state index < -0.39 is 0 Å². The van der Waals surface area contributed by atoms with E-state index in [-0.39, 0.29) is 0 Å². The average Bonchev–Trinajstić information content (AvgIpc) is 2.27. The molecule has 0 saturated heterocycles. The van der Waals surface area contributed by atoms with E-state index in [1.54, 1.807) is 0 Å². The highest BCUT2D eigenvalue weighted by Gasteiger charge is 2.13. The molecule has 1 N–H and O–H groups in total. The quantitative estimate of drug-likeness (QED) is 0.746. The van der Waals surface area contributed by atoms with Crippen molar-refractivity contribution >= 4 is 15.9 Å². The Morgan fingerprint density at radius 1 is 1.47 bits per heavy atom. The van der Waals surface area contributed by atoms with E-state index in [2.05, 4.69) is 66.8 Å². The van der Waals surface area contributed by atoms with Gasteiger partial charge in [-0.3, -0.25) is 0 Å². The van der Waals surface area contributed by atoms with Gasteiger partial charge in [0.1, 0.15) is 0 Å². The maximum absolute atomic E-state index is 4.03. The predicted molar refractivity (Wildman–Crippen MR) is 79.3 cm³/mol. The lowest BCUT2D eigenvalue weighted by atomic mass is 9.96. The summed E-state index contributed by atoms with van der Waals surface area (Å²) >= 11 is 3.55. The van der Waals surface area contributed by atoms with E-state index in [1.807, 2.05) is 0 Å². The first-order chi connectivity index (χ1) is 8.04. The minimum Gasteiger partial charge on any atom is -0.310 e. The second-order valence-electron chi connectivity index (χ2n) is 4.67. The minimum atomic E-state index is 0.380. The average molecular weight is 296 g/mol. The van der Waals surface area contributed by atoms with Crippen molar-refractivity contribution in [3.05, 3.63) is 46.0 Å². The summed E-state index contributed by atoms with van der Waals surface area (Å²) in [6.45, 7) is 11.5. The molecule has 94 valence electrons. The maximum atomic E-state index is 4.03. The van der Waals surface area contributed by atoms with Gasteiger partial charge in [0.05, 0.1) is 0 Å². The highest BCUT2D eigenvalue weighted by molar-refractivity contribution is 9.10. The first-order valence-electron chi connectivity index (χ1n) is 6.18. The van der Waals surface area contributed by atoms with Gasteiger partial charge in [-0.2, -0.15) is 0 Å². The molecule has 1 rings (SSSR count). The molecule has 0 aliphatic carbocycles. The van der Waals surface area contributed by atoms with Crippen molar-refractivity contribution < 1.29 is 0 Å². The summed E-state index contributed by atoms with van der Waals surface area (Å²) < 4.78 is 1.14. The molecule has 0 saturated carbocycles. The van der Waals surface area contributed by atoms with Gasteiger partial charge in [-0.15, -0.1) is 6.58 Å². The zero-order chi connectivity index (χ0) is 12.8. The predicted octanol–water partition coefficient (Wildman–Crippen LogP) is 4.76. The number of benzene rings is 1. The fourth-order valence-electron chi connectivity index (χ4n) is 1.95. The third-order valence-electron chi connectivity index (χ3n) is 2.81. The van der Waals surface area contributed by atoms with Crippen LogP contribution in [-0.2, 0) is 0 Å². The topological polar surface area (TPSA) is 12.0 Å². The summed E-state index contributed by atoms with van der Waals surface area (Å²) in [5.74, 6) is 0. The summed E-state index contributed by atoms with van der Waals surface area (Å²) in [7, 11) is 0. The number of aryl methyl sites for hydroxylation is 1. The number of halogens is 1. The van der Waals surface area contributed by atoms with Gasteiger partial charge in [0.2, 0.25) is 0 Å². The lowest BCUT2D eigenvalue weighted by Crippen LogP contribution is -2.23. The largest absolute Gasteiger partial charge is 0.310 e. The van der Waals surface area contributed by atoms with Gasteiger partial charge in [0.25, 0.3) is 0 Å². The molecule has 17 heavy (non-hydrogen) atoms. The zero-order valence-electron chi connectivity index (χ0n) is 11.0. The first-order valence-corrected chi connectivity index (χ1v) is 6.97. The van der Waals surface area contributed by atoms with Crippen LogP contribution in [0.15, 0.2) is 34.8 Å². The van der Waals surface area contributed by atoms with Gasteiger partial charge in [0.15, 0.2) is 0 Å². The summed E-state index contributed by atoms with van der Waals surface area (Å²) in [5.41, 5.74) is 3.93. The molecule has 0 radical (unpaired) electrons. The van der Waals surface area contributed by atoms with Crippen molar-refractivity contribution in [2.45, 2.75) is 39.7 Å². The summed E-state index contributed by atoms with van der Waals surface area (Å²) in [6.07, 6.45) is 2.15. The number of hydrogen-bond acceptors (Lipinski definition) is 1. The van der Waals surface area contributed by atoms with Crippen LogP contribution in [0, 0.1) is 6.92 Å². The number of rotatable bonds is 6. The van der Waals surface area contributed by atoms with Gasteiger partial charge < -0.3 is 5.32 Å². The fraction of sp³-hybridized carbons (Fsp3) is 0.467. The van der Waals surface area contributed by atoms with Gasteiger partial charge in [0, 0.05) is 10.5 Å². The highest BCUT2D eigenvalue weighted by Crippen LogP contribution is 2.26. The molecule has 2 heteroatoms. The van der Waals surface area contributed by atoms with E-state index in [0.29, 0.717) is 6.04 Å². The van der Waals surface area contributed by atoms with Gasteiger partial charge in [-0.25, -0.2) is 0 Å². The fourth-order valence-corrected chi connectivity index (χ4v) is 2.32. The molecule has 1 aromatic carbocycles. The van der Waals surface area contributed by atoms with Crippen molar-refractivity contribution in [1.29, 1.82) is 0 Å². The van der Waals surface area contributed by atoms with Crippen LogP contribution in [0.4, 0.5) is 0 Å². The monoisotopic (exact) mass is 295 g/mol.